The molecule has 4 heteroatoms. The maximum absolute atomic E-state index is 5.56. The Morgan fingerprint density at radius 2 is 2.14 bits per heavy atom. The fourth-order valence-corrected chi connectivity index (χ4v) is 3.10. The summed E-state index contributed by atoms with van der Waals surface area (Å²) in [6, 6.07) is 8.16. The predicted molar refractivity (Wildman–Crippen MR) is 90.0 cm³/mol. The van der Waals surface area contributed by atoms with Gasteiger partial charge in [0, 0.05) is 17.0 Å². The summed E-state index contributed by atoms with van der Waals surface area (Å²) in [5, 5.41) is 4.55. The molecule has 0 saturated carbocycles. The number of hydrogen-bond donors (Lipinski definition) is 1. The van der Waals surface area contributed by atoms with Gasteiger partial charge < -0.3 is 10.1 Å². The minimum Gasteiger partial charge on any atom is -0.494 e. The number of nitrogens with one attached hydrogen (secondary N) is 1. The maximum Gasteiger partial charge on any atom is 0.124 e. The highest BCUT2D eigenvalue weighted by molar-refractivity contribution is 7.15. The molecule has 0 amide bonds. The molecular weight excluding hydrogens is 280 g/mol. The predicted octanol–water partition coefficient (Wildman–Crippen LogP) is 4.26. The summed E-state index contributed by atoms with van der Waals surface area (Å²) < 4.78 is 5.56. The summed E-state index contributed by atoms with van der Waals surface area (Å²) in [6.07, 6.45) is 0. The van der Waals surface area contributed by atoms with Crippen molar-refractivity contribution in [1.29, 1.82) is 0 Å². The molecule has 2 aromatic rings. The highest BCUT2D eigenvalue weighted by Gasteiger charge is 2.10. The standard InChI is InChI=1S/C17H24N2OS/c1-5-20-15-8-6-7-14(9-15)17-19-13(4)16(21-17)11-18-10-12(2)3/h6-9,12,18H,5,10-11H2,1-4H3. The molecule has 0 fully saturated rings. The first-order valence-electron chi connectivity index (χ1n) is 7.50. The first kappa shape index (κ1) is 16.0. The smallest absolute Gasteiger partial charge is 0.124 e. The number of rotatable bonds is 7. The lowest BCUT2D eigenvalue weighted by Gasteiger charge is -2.05. The van der Waals surface area contributed by atoms with Crippen LogP contribution in [-0.4, -0.2) is 18.1 Å². The zero-order valence-electron chi connectivity index (χ0n) is 13.3. The van der Waals surface area contributed by atoms with Crippen LogP contribution in [0.4, 0.5) is 0 Å². The Hall–Kier alpha value is -1.39. The summed E-state index contributed by atoms with van der Waals surface area (Å²) in [4.78, 5) is 6.02. The first-order chi connectivity index (χ1) is 10.1. The third kappa shape index (κ3) is 4.55. The molecule has 3 nitrogen and oxygen atoms in total. The number of aromatic nitrogens is 1. The summed E-state index contributed by atoms with van der Waals surface area (Å²) in [7, 11) is 0. The molecule has 1 aromatic heterocycles. The van der Waals surface area contributed by atoms with Crippen molar-refractivity contribution in [2.24, 2.45) is 5.92 Å². The van der Waals surface area contributed by atoms with Crippen molar-refractivity contribution in [2.45, 2.75) is 34.2 Å². The van der Waals surface area contributed by atoms with Crippen LogP contribution in [0.1, 0.15) is 31.3 Å². The fourth-order valence-electron chi connectivity index (χ4n) is 2.08. The van der Waals surface area contributed by atoms with Gasteiger partial charge in [0.2, 0.25) is 0 Å². The number of nitrogens with zero attached hydrogens (tertiary/aromatic N) is 1. The van der Waals surface area contributed by atoms with E-state index in [2.05, 4.69) is 38.2 Å². The Morgan fingerprint density at radius 3 is 2.86 bits per heavy atom. The Morgan fingerprint density at radius 1 is 1.33 bits per heavy atom. The molecule has 0 aliphatic rings. The molecule has 0 aliphatic carbocycles. The lowest BCUT2D eigenvalue weighted by molar-refractivity contribution is 0.340. The highest BCUT2D eigenvalue weighted by Crippen LogP contribution is 2.30. The van der Waals surface area contributed by atoms with Crippen molar-refractivity contribution in [1.82, 2.24) is 10.3 Å². The third-order valence-corrected chi connectivity index (χ3v) is 4.33. The zero-order chi connectivity index (χ0) is 15.2. The van der Waals surface area contributed by atoms with Gasteiger partial charge in [0.05, 0.1) is 12.3 Å². The van der Waals surface area contributed by atoms with Gasteiger partial charge in [0.15, 0.2) is 0 Å². The van der Waals surface area contributed by atoms with E-state index in [9.17, 15) is 0 Å². The SMILES string of the molecule is CCOc1cccc(-c2nc(C)c(CNCC(C)C)s2)c1. The zero-order valence-corrected chi connectivity index (χ0v) is 14.1. The average molecular weight is 304 g/mol. The van der Waals surface area contributed by atoms with Crippen LogP contribution >= 0.6 is 11.3 Å². The van der Waals surface area contributed by atoms with Crippen molar-refractivity contribution in [3.63, 3.8) is 0 Å². The number of aryl methyl sites for hydroxylation is 1. The molecule has 0 aliphatic heterocycles. The molecule has 0 radical (unpaired) electrons. The molecule has 1 aromatic carbocycles. The Kier molecular flexibility index (Phi) is 5.76. The summed E-state index contributed by atoms with van der Waals surface area (Å²) in [6.45, 7) is 11.1. The largest absolute Gasteiger partial charge is 0.494 e. The topological polar surface area (TPSA) is 34.1 Å². The Bertz CT molecular complexity index is 578. The van der Waals surface area contributed by atoms with Gasteiger partial charge in [-0.1, -0.05) is 26.0 Å². The monoisotopic (exact) mass is 304 g/mol. The summed E-state index contributed by atoms with van der Waals surface area (Å²) in [5.41, 5.74) is 2.25. The molecule has 114 valence electrons. The molecule has 0 atom stereocenters. The minimum absolute atomic E-state index is 0.667. The number of thiazole rings is 1. The van der Waals surface area contributed by atoms with E-state index in [1.165, 1.54) is 4.88 Å². The lowest BCUT2D eigenvalue weighted by Crippen LogP contribution is -2.18. The highest BCUT2D eigenvalue weighted by atomic mass is 32.1. The first-order valence-corrected chi connectivity index (χ1v) is 8.32. The Balaban J connectivity index is 2.12. The molecule has 0 spiro atoms. The van der Waals surface area contributed by atoms with Crippen LogP contribution in [0.15, 0.2) is 24.3 Å². The van der Waals surface area contributed by atoms with Gasteiger partial charge in [-0.15, -0.1) is 11.3 Å². The van der Waals surface area contributed by atoms with E-state index in [0.717, 1.165) is 35.1 Å². The van der Waals surface area contributed by atoms with E-state index in [1.807, 2.05) is 19.1 Å². The molecule has 1 N–H and O–H groups in total. The van der Waals surface area contributed by atoms with Gasteiger partial charge in [-0.05, 0) is 38.4 Å². The molecule has 0 bridgehead atoms. The van der Waals surface area contributed by atoms with Crippen molar-refractivity contribution in [3.8, 4) is 16.3 Å². The van der Waals surface area contributed by atoms with Crippen molar-refractivity contribution >= 4 is 11.3 Å². The van der Waals surface area contributed by atoms with Gasteiger partial charge in [-0.2, -0.15) is 0 Å². The van der Waals surface area contributed by atoms with Gasteiger partial charge >= 0.3 is 0 Å². The Labute approximate surface area is 131 Å². The van der Waals surface area contributed by atoms with Crippen molar-refractivity contribution in [3.05, 3.63) is 34.8 Å². The lowest BCUT2D eigenvalue weighted by atomic mass is 10.2. The maximum atomic E-state index is 5.56. The van der Waals surface area contributed by atoms with Crippen LogP contribution in [0.2, 0.25) is 0 Å². The van der Waals surface area contributed by atoms with Crippen molar-refractivity contribution in [2.75, 3.05) is 13.2 Å². The second kappa shape index (κ2) is 7.57. The van der Waals surface area contributed by atoms with Crippen LogP contribution in [0.5, 0.6) is 5.75 Å². The van der Waals surface area contributed by atoms with E-state index in [-0.39, 0.29) is 0 Å². The van der Waals surface area contributed by atoms with Crippen LogP contribution in [0, 0.1) is 12.8 Å². The van der Waals surface area contributed by atoms with Crippen LogP contribution in [0.3, 0.4) is 0 Å². The number of hydrogen-bond acceptors (Lipinski definition) is 4. The van der Waals surface area contributed by atoms with E-state index < -0.39 is 0 Å². The van der Waals surface area contributed by atoms with E-state index in [0.29, 0.717) is 12.5 Å². The average Bonchev–Trinajstić information content (AvgIpc) is 2.81. The summed E-state index contributed by atoms with van der Waals surface area (Å²) >= 11 is 1.76. The molecule has 0 saturated heterocycles. The molecule has 2 rings (SSSR count). The summed E-state index contributed by atoms with van der Waals surface area (Å²) in [5.74, 6) is 1.57. The van der Waals surface area contributed by atoms with Gasteiger partial charge in [0.25, 0.3) is 0 Å². The van der Waals surface area contributed by atoms with Gasteiger partial charge in [-0.3, -0.25) is 0 Å². The van der Waals surface area contributed by atoms with Crippen molar-refractivity contribution < 1.29 is 4.74 Å². The van der Waals surface area contributed by atoms with E-state index >= 15 is 0 Å². The third-order valence-electron chi connectivity index (χ3n) is 3.12. The van der Waals surface area contributed by atoms with Gasteiger partial charge in [0.1, 0.15) is 10.8 Å². The molecular formula is C17H24N2OS. The molecule has 0 unspecified atom stereocenters. The molecule has 1 heterocycles. The van der Waals surface area contributed by atoms with Crippen LogP contribution in [-0.2, 0) is 6.54 Å². The van der Waals surface area contributed by atoms with Gasteiger partial charge in [-0.25, -0.2) is 4.98 Å². The van der Waals surface area contributed by atoms with E-state index in [1.54, 1.807) is 11.3 Å². The fraction of sp³-hybridized carbons (Fsp3) is 0.471. The molecule has 21 heavy (non-hydrogen) atoms. The normalized spacial score (nSPS) is 11.1. The van der Waals surface area contributed by atoms with E-state index in [4.69, 9.17) is 9.72 Å². The number of ether oxygens (including phenoxy) is 1. The quantitative estimate of drug-likeness (QED) is 0.830. The van der Waals surface area contributed by atoms with Crippen LogP contribution in [0.25, 0.3) is 10.6 Å². The second-order valence-electron chi connectivity index (χ2n) is 5.51. The number of benzene rings is 1. The second-order valence-corrected chi connectivity index (χ2v) is 6.60. The minimum atomic E-state index is 0.667. The van der Waals surface area contributed by atoms with Crippen LogP contribution < -0.4 is 10.1 Å².